The van der Waals surface area contributed by atoms with Crippen LogP contribution in [0.1, 0.15) is 16.6 Å². The minimum atomic E-state index is 0.0357. The van der Waals surface area contributed by atoms with Crippen molar-refractivity contribution in [3.8, 4) is 10.4 Å². The van der Waals surface area contributed by atoms with Crippen LogP contribution in [0, 0.1) is 0 Å². The first kappa shape index (κ1) is 11.2. The molecular weight excluding hydrogens is 242 g/mol. The molecular formula is C12H10ClNOS. The van der Waals surface area contributed by atoms with E-state index in [0.29, 0.717) is 15.6 Å². The highest BCUT2D eigenvalue weighted by Gasteiger charge is 2.11. The van der Waals surface area contributed by atoms with Crippen LogP contribution in [0.25, 0.3) is 10.4 Å². The zero-order valence-corrected chi connectivity index (χ0v) is 10.2. The fourth-order valence-corrected chi connectivity index (χ4v) is 2.72. The van der Waals surface area contributed by atoms with Gasteiger partial charge >= 0.3 is 0 Å². The SMILES string of the molecule is CC(=O)c1cc(Cl)c(-c2ccc(N)cc2)s1. The highest BCUT2D eigenvalue weighted by Crippen LogP contribution is 2.36. The minimum absolute atomic E-state index is 0.0357. The topological polar surface area (TPSA) is 43.1 Å². The summed E-state index contributed by atoms with van der Waals surface area (Å²) in [6.45, 7) is 1.54. The Morgan fingerprint density at radius 3 is 2.44 bits per heavy atom. The van der Waals surface area contributed by atoms with Gasteiger partial charge in [0.05, 0.1) is 14.8 Å². The Hall–Kier alpha value is -1.32. The van der Waals surface area contributed by atoms with Crippen molar-refractivity contribution in [1.29, 1.82) is 0 Å². The number of benzene rings is 1. The molecule has 0 aliphatic carbocycles. The minimum Gasteiger partial charge on any atom is -0.399 e. The van der Waals surface area contributed by atoms with E-state index in [4.69, 9.17) is 17.3 Å². The summed E-state index contributed by atoms with van der Waals surface area (Å²) >= 11 is 7.49. The fraction of sp³-hybridized carbons (Fsp3) is 0.0833. The van der Waals surface area contributed by atoms with Gasteiger partial charge in [0.15, 0.2) is 5.78 Å². The molecule has 1 heterocycles. The smallest absolute Gasteiger partial charge is 0.169 e. The lowest BCUT2D eigenvalue weighted by Crippen LogP contribution is -1.83. The molecule has 0 amide bonds. The van der Waals surface area contributed by atoms with Gasteiger partial charge in [-0.1, -0.05) is 23.7 Å². The summed E-state index contributed by atoms with van der Waals surface area (Å²) in [6.07, 6.45) is 0. The van der Waals surface area contributed by atoms with Crippen molar-refractivity contribution in [3.63, 3.8) is 0 Å². The van der Waals surface area contributed by atoms with E-state index in [-0.39, 0.29) is 5.78 Å². The zero-order valence-electron chi connectivity index (χ0n) is 8.66. The van der Waals surface area contributed by atoms with Gasteiger partial charge in [0.2, 0.25) is 0 Å². The molecule has 82 valence electrons. The normalized spacial score (nSPS) is 10.4. The number of Topliss-reactive ketones (excluding diaryl/α,β-unsaturated/α-hetero) is 1. The van der Waals surface area contributed by atoms with Gasteiger partial charge in [0, 0.05) is 5.69 Å². The molecule has 0 fully saturated rings. The van der Waals surface area contributed by atoms with E-state index in [2.05, 4.69) is 0 Å². The van der Waals surface area contributed by atoms with Crippen LogP contribution in [0.2, 0.25) is 5.02 Å². The molecule has 0 aliphatic rings. The maximum absolute atomic E-state index is 11.2. The Kier molecular flexibility index (Phi) is 2.99. The lowest BCUT2D eigenvalue weighted by molar-refractivity contribution is 0.102. The Balaban J connectivity index is 2.47. The van der Waals surface area contributed by atoms with Crippen LogP contribution in [0.3, 0.4) is 0 Å². The van der Waals surface area contributed by atoms with Crippen molar-refractivity contribution < 1.29 is 4.79 Å². The van der Waals surface area contributed by atoms with Crippen LogP contribution in [-0.2, 0) is 0 Å². The standard InChI is InChI=1S/C12H10ClNOS/c1-7(15)11-6-10(13)12(16-11)8-2-4-9(14)5-3-8/h2-6H,14H2,1H3. The molecule has 0 radical (unpaired) electrons. The molecule has 0 bridgehead atoms. The van der Waals surface area contributed by atoms with Gasteiger partial charge in [-0.2, -0.15) is 0 Å². The van der Waals surface area contributed by atoms with Gasteiger partial charge in [0.25, 0.3) is 0 Å². The molecule has 2 aromatic rings. The van der Waals surface area contributed by atoms with Gasteiger partial charge in [-0.3, -0.25) is 4.79 Å². The van der Waals surface area contributed by atoms with Crippen molar-refractivity contribution in [2.45, 2.75) is 6.92 Å². The van der Waals surface area contributed by atoms with Gasteiger partial charge in [0.1, 0.15) is 0 Å². The van der Waals surface area contributed by atoms with Crippen LogP contribution >= 0.6 is 22.9 Å². The van der Waals surface area contributed by atoms with E-state index in [1.807, 2.05) is 24.3 Å². The molecule has 0 aliphatic heterocycles. The summed E-state index contributed by atoms with van der Waals surface area (Å²) in [5.41, 5.74) is 7.31. The van der Waals surface area contributed by atoms with Crippen molar-refractivity contribution >= 4 is 34.4 Å². The van der Waals surface area contributed by atoms with Gasteiger partial charge in [-0.05, 0) is 30.7 Å². The summed E-state index contributed by atoms with van der Waals surface area (Å²) in [5.74, 6) is 0.0357. The number of hydrogen-bond acceptors (Lipinski definition) is 3. The van der Waals surface area contributed by atoms with Crippen molar-refractivity contribution in [2.24, 2.45) is 0 Å². The number of halogens is 1. The second-order valence-electron chi connectivity index (χ2n) is 3.47. The predicted molar refractivity (Wildman–Crippen MR) is 69.2 cm³/mol. The average Bonchev–Trinajstić information content (AvgIpc) is 2.62. The third-order valence-corrected chi connectivity index (χ3v) is 3.90. The first-order valence-corrected chi connectivity index (χ1v) is 5.93. The number of nitrogen functional groups attached to an aromatic ring is 1. The van der Waals surface area contributed by atoms with E-state index in [1.165, 1.54) is 18.3 Å². The number of anilines is 1. The molecule has 0 spiro atoms. The lowest BCUT2D eigenvalue weighted by atomic mass is 10.2. The van der Waals surface area contributed by atoms with Crippen molar-refractivity contribution in [2.75, 3.05) is 5.73 Å². The van der Waals surface area contributed by atoms with Crippen LogP contribution in [-0.4, -0.2) is 5.78 Å². The highest BCUT2D eigenvalue weighted by atomic mass is 35.5. The van der Waals surface area contributed by atoms with Crippen LogP contribution in [0.15, 0.2) is 30.3 Å². The number of ketones is 1. The summed E-state index contributed by atoms with van der Waals surface area (Å²) in [7, 11) is 0. The van der Waals surface area contributed by atoms with E-state index in [1.54, 1.807) is 6.07 Å². The summed E-state index contributed by atoms with van der Waals surface area (Å²) in [6, 6.07) is 9.14. The average molecular weight is 252 g/mol. The Labute approximate surface area is 103 Å². The summed E-state index contributed by atoms with van der Waals surface area (Å²) in [5, 5.41) is 0.611. The maximum Gasteiger partial charge on any atom is 0.169 e. The molecule has 1 aromatic heterocycles. The zero-order chi connectivity index (χ0) is 11.7. The molecule has 0 atom stereocenters. The quantitative estimate of drug-likeness (QED) is 0.651. The van der Waals surface area contributed by atoms with Crippen LogP contribution in [0.5, 0.6) is 0 Å². The largest absolute Gasteiger partial charge is 0.399 e. The van der Waals surface area contributed by atoms with E-state index < -0.39 is 0 Å². The fourth-order valence-electron chi connectivity index (χ4n) is 1.37. The lowest BCUT2D eigenvalue weighted by Gasteiger charge is -1.98. The second-order valence-corrected chi connectivity index (χ2v) is 4.93. The number of hydrogen-bond donors (Lipinski definition) is 1. The molecule has 1 aromatic carbocycles. The van der Waals surface area contributed by atoms with Crippen LogP contribution in [0.4, 0.5) is 5.69 Å². The molecule has 16 heavy (non-hydrogen) atoms. The number of nitrogens with two attached hydrogens (primary N) is 1. The first-order valence-electron chi connectivity index (χ1n) is 4.74. The van der Waals surface area contributed by atoms with Gasteiger partial charge < -0.3 is 5.73 Å². The maximum atomic E-state index is 11.2. The number of carbonyl (C=O) groups is 1. The highest BCUT2D eigenvalue weighted by molar-refractivity contribution is 7.18. The summed E-state index contributed by atoms with van der Waals surface area (Å²) in [4.78, 5) is 12.8. The first-order chi connectivity index (χ1) is 7.58. The Morgan fingerprint density at radius 2 is 1.94 bits per heavy atom. The van der Waals surface area contributed by atoms with Gasteiger partial charge in [-0.25, -0.2) is 0 Å². The van der Waals surface area contributed by atoms with Crippen molar-refractivity contribution in [1.82, 2.24) is 0 Å². The number of rotatable bonds is 2. The molecule has 2 N–H and O–H groups in total. The number of carbonyl (C=O) groups excluding carboxylic acids is 1. The molecule has 0 saturated carbocycles. The Bertz CT molecular complexity index is 530. The molecule has 4 heteroatoms. The van der Waals surface area contributed by atoms with Crippen molar-refractivity contribution in [3.05, 3.63) is 40.2 Å². The van der Waals surface area contributed by atoms with Crippen LogP contribution < -0.4 is 5.73 Å². The third-order valence-electron chi connectivity index (χ3n) is 2.21. The number of thiophene rings is 1. The second kappa shape index (κ2) is 4.28. The monoisotopic (exact) mass is 251 g/mol. The van der Waals surface area contributed by atoms with E-state index in [0.717, 1.165) is 10.4 Å². The van der Waals surface area contributed by atoms with Gasteiger partial charge in [-0.15, -0.1) is 11.3 Å². The molecule has 0 saturated heterocycles. The van der Waals surface area contributed by atoms with E-state index in [9.17, 15) is 4.79 Å². The summed E-state index contributed by atoms with van der Waals surface area (Å²) < 4.78 is 0. The molecule has 2 nitrogen and oxygen atoms in total. The molecule has 2 rings (SSSR count). The van der Waals surface area contributed by atoms with E-state index >= 15 is 0 Å². The predicted octanol–water partition coefficient (Wildman–Crippen LogP) is 3.85. The molecule has 0 unspecified atom stereocenters. The third kappa shape index (κ3) is 2.10. The Morgan fingerprint density at radius 1 is 1.31 bits per heavy atom.